The van der Waals surface area contributed by atoms with Gasteiger partial charge in [-0.3, -0.25) is 4.79 Å². The highest BCUT2D eigenvalue weighted by Gasteiger charge is 2.10. The maximum absolute atomic E-state index is 12.2. The van der Waals surface area contributed by atoms with Crippen molar-refractivity contribution in [1.29, 1.82) is 0 Å². The zero-order valence-corrected chi connectivity index (χ0v) is 13.0. The molecule has 5 heteroatoms. The van der Waals surface area contributed by atoms with Crippen LogP contribution in [0.3, 0.4) is 0 Å². The van der Waals surface area contributed by atoms with E-state index in [9.17, 15) is 4.79 Å². The summed E-state index contributed by atoms with van der Waals surface area (Å²) in [6.45, 7) is 4.81. The molecule has 0 atom stereocenters. The summed E-state index contributed by atoms with van der Waals surface area (Å²) < 4.78 is 0.877. The predicted octanol–water partition coefficient (Wildman–Crippen LogP) is 3.84. The Hall–Kier alpha value is -1.88. The lowest BCUT2D eigenvalue weighted by Crippen LogP contribution is -2.14. The number of benzene rings is 1. The largest absolute Gasteiger partial charge is 0.385 e. The fourth-order valence-corrected chi connectivity index (χ4v) is 2.10. The van der Waals surface area contributed by atoms with Crippen molar-refractivity contribution in [3.05, 3.63) is 52.1 Å². The Balaban J connectivity index is 2.14. The van der Waals surface area contributed by atoms with Crippen molar-refractivity contribution < 1.29 is 4.79 Å². The van der Waals surface area contributed by atoms with E-state index in [4.69, 9.17) is 0 Å². The van der Waals surface area contributed by atoms with E-state index in [1.54, 1.807) is 12.3 Å². The lowest BCUT2D eigenvalue weighted by Gasteiger charge is -2.10. The van der Waals surface area contributed by atoms with Gasteiger partial charge in [-0.05, 0) is 65.7 Å². The molecule has 1 amide bonds. The van der Waals surface area contributed by atoms with Crippen LogP contribution in [0.1, 0.15) is 22.8 Å². The van der Waals surface area contributed by atoms with Gasteiger partial charge in [0.05, 0.1) is 0 Å². The molecule has 2 rings (SSSR count). The number of carbonyl (C=O) groups excluding carboxylic acids is 1. The first-order chi connectivity index (χ1) is 9.60. The van der Waals surface area contributed by atoms with Crippen molar-refractivity contribution in [2.24, 2.45) is 0 Å². The number of hydrogen-bond donors (Lipinski definition) is 2. The topological polar surface area (TPSA) is 54.0 Å². The number of aryl methyl sites for hydroxylation is 1. The van der Waals surface area contributed by atoms with Gasteiger partial charge >= 0.3 is 0 Å². The van der Waals surface area contributed by atoms with Crippen molar-refractivity contribution >= 4 is 33.3 Å². The summed E-state index contributed by atoms with van der Waals surface area (Å²) in [6.07, 6.45) is 1.65. The lowest BCUT2D eigenvalue weighted by atomic mass is 10.1. The summed E-state index contributed by atoms with van der Waals surface area (Å²) in [7, 11) is 0. The highest BCUT2D eigenvalue weighted by Crippen LogP contribution is 2.17. The van der Waals surface area contributed by atoms with Crippen LogP contribution in [0.4, 0.5) is 11.5 Å². The van der Waals surface area contributed by atoms with Crippen LogP contribution in [-0.2, 0) is 0 Å². The van der Waals surface area contributed by atoms with Crippen LogP contribution in [0.5, 0.6) is 0 Å². The van der Waals surface area contributed by atoms with Crippen LogP contribution in [0.25, 0.3) is 0 Å². The molecule has 0 saturated heterocycles. The smallest absolute Gasteiger partial charge is 0.257 e. The second-order valence-electron chi connectivity index (χ2n) is 4.38. The zero-order chi connectivity index (χ0) is 14.5. The number of nitrogens with one attached hydrogen (secondary N) is 2. The van der Waals surface area contributed by atoms with Gasteiger partial charge in [0, 0.05) is 28.5 Å². The van der Waals surface area contributed by atoms with Crippen molar-refractivity contribution in [3.8, 4) is 0 Å². The number of amides is 1. The number of anilines is 2. The van der Waals surface area contributed by atoms with Crippen LogP contribution in [0.15, 0.2) is 41.0 Å². The number of hydrogen-bond acceptors (Lipinski definition) is 3. The molecule has 20 heavy (non-hydrogen) atoms. The molecule has 1 heterocycles. The SMILES string of the molecule is CCNc1ccc(C(=O)Nc2ccc(Br)cn2)c(C)c1. The summed E-state index contributed by atoms with van der Waals surface area (Å²) >= 11 is 3.31. The normalized spacial score (nSPS) is 10.2. The number of pyridine rings is 1. The third kappa shape index (κ3) is 3.57. The molecule has 0 aliphatic rings. The van der Waals surface area contributed by atoms with Gasteiger partial charge in [-0.25, -0.2) is 4.98 Å². The first kappa shape index (κ1) is 14.5. The van der Waals surface area contributed by atoms with Gasteiger partial charge in [0.25, 0.3) is 5.91 Å². The maximum Gasteiger partial charge on any atom is 0.257 e. The number of nitrogens with zero attached hydrogens (tertiary/aromatic N) is 1. The molecule has 0 saturated carbocycles. The quantitative estimate of drug-likeness (QED) is 0.893. The third-order valence-corrected chi connectivity index (χ3v) is 3.29. The summed E-state index contributed by atoms with van der Waals surface area (Å²) in [5, 5.41) is 6.01. The molecule has 0 aliphatic carbocycles. The standard InChI is InChI=1S/C15H16BrN3O/c1-3-17-12-5-6-13(10(2)8-12)15(20)19-14-7-4-11(16)9-18-14/h4-9,17H,3H2,1-2H3,(H,18,19,20). The average Bonchev–Trinajstić information content (AvgIpc) is 2.42. The van der Waals surface area contributed by atoms with Crippen molar-refractivity contribution in [3.63, 3.8) is 0 Å². The van der Waals surface area contributed by atoms with E-state index in [0.717, 1.165) is 22.3 Å². The van der Waals surface area contributed by atoms with Crippen molar-refractivity contribution in [2.45, 2.75) is 13.8 Å². The monoisotopic (exact) mass is 333 g/mol. The number of aromatic nitrogens is 1. The van der Waals surface area contributed by atoms with E-state index in [2.05, 4.69) is 31.5 Å². The Morgan fingerprint density at radius 3 is 2.70 bits per heavy atom. The average molecular weight is 334 g/mol. The molecule has 0 fully saturated rings. The molecular weight excluding hydrogens is 318 g/mol. The maximum atomic E-state index is 12.2. The molecular formula is C15H16BrN3O. The Bertz CT molecular complexity index is 611. The van der Waals surface area contributed by atoms with Crippen LogP contribution in [0, 0.1) is 6.92 Å². The van der Waals surface area contributed by atoms with Crippen LogP contribution >= 0.6 is 15.9 Å². The van der Waals surface area contributed by atoms with E-state index in [0.29, 0.717) is 11.4 Å². The van der Waals surface area contributed by atoms with Crippen LogP contribution < -0.4 is 10.6 Å². The summed E-state index contributed by atoms with van der Waals surface area (Å²) in [6, 6.07) is 9.28. The minimum atomic E-state index is -0.152. The fourth-order valence-electron chi connectivity index (χ4n) is 1.87. The molecule has 0 unspecified atom stereocenters. The number of rotatable bonds is 4. The van der Waals surface area contributed by atoms with Crippen LogP contribution in [0.2, 0.25) is 0 Å². The highest BCUT2D eigenvalue weighted by atomic mass is 79.9. The Labute approximate surface area is 126 Å². The summed E-state index contributed by atoms with van der Waals surface area (Å²) in [5.41, 5.74) is 2.60. The molecule has 0 aliphatic heterocycles. The van der Waals surface area contributed by atoms with Gasteiger partial charge in [0.15, 0.2) is 0 Å². The predicted molar refractivity (Wildman–Crippen MR) is 85.2 cm³/mol. The summed E-state index contributed by atoms with van der Waals surface area (Å²) in [5.74, 6) is 0.383. The Kier molecular flexibility index (Phi) is 4.74. The Morgan fingerprint density at radius 2 is 2.10 bits per heavy atom. The minimum absolute atomic E-state index is 0.152. The Morgan fingerprint density at radius 1 is 1.30 bits per heavy atom. The van der Waals surface area contributed by atoms with E-state index in [1.807, 2.05) is 38.1 Å². The number of halogens is 1. The van der Waals surface area contributed by atoms with Gasteiger partial charge in [-0.2, -0.15) is 0 Å². The molecule has 0 spiro atoms. The van der Waals surface area contributed by atoms with Gasteiger partial charge in [-0.1, -0.05) is 0 Å². The van der Waals surface area contributed by atoms with E-state index in [-0.39, 0.29) is 5.91 Å². The van der Waals surface area contributed by atoms with E-state index in [1.165, 1.54) is 0 Å². The van der Waals surface area contributed by atoms with E-state index < -0.39 is 0 Å². The highest BCUT2D eigenvalue weighted by molar-refractivity contribution is 9.10. The van der Waals surface area contributed by atoms with Crippen molar-refractivity contribution in [2.75, 3.05) is 17.2 Å². The van der Waals surface area contributed by atoms with Gasteiger partial charge in [0.1, 0.15) is 5.82 Å². The molecule has 2 N–H and O–H groups in total. The molecule has 0 bridgehead atoms. The molecule has 4 nitrogen and oxygen atoms in total. The van der Waals surface area contributed by atoms with Crippen molar-refractivity contribution in [1.82, 2.24) is 4.98 Å². The lowest BCUT2D eigenvalue weighted by molar-refractivity contribution is 0.102. The number of carbonyl (C=O) groups is 1. The first-order valence-electron chi connectivity index (χ1n) is 6.37. The second kappa shape index (κ2) is 6.52. The van der Waals surface area contributed by atoms with Gasteiger partial charge in [-0.15, -0.1) is 0 Å². The molecule has 104 valence electrons. The molecule has 1 aromatic carbocycles. The minimum Gasteiger partial charge on any atom is -0.385 e. The zero-order valence-electron chi connectivity index (χ0n) is 11.4. The van der Waals surface area contributed by atoms with E-state index >= 15 is 0 Å². The fraction of sp³-hybridized carbons (Fsp3) is 0.200. The molecule has 0 radical (unpaired) electrons. The molecule has 1 aromatic heterocycles. The molecule has 2 aromatic rings. The second-order valence-corrected chi connectivity index (χ2v) is 5.29. The van der Waals surface area contributed by atoms with Gasteiger partial charge in [0.2, 0.25) is 0 Å². The first-order valence-corrected chi connectivity index (χ1v) is 7.17. The van der Waals surface area contributed by atoms with Crippen LogP contribution in [-0.4, -0.2) is 17.4 Å². The third-order valence-electron chi connectivity index (χ3n) is 2.82. The van der Waals surface area contributed by atoms with Gasteiger partial charge < -0.3 is 10.6 Å². The summed E-state index contributed by atoms with van der Waals surface area (Å²) in [4.78, 5) is 16.3.